The van der Waals surface area contributed by atoms with E-state index in [2.05, 4.69) is 33.0 Å². The number of hydrogen-bond donors (Lipinski definition) is 3. The minimum atomic E-state index is -0.482. The molecule has 1 aliphatic heterocycles. The van der Waals surface area contributed by atoms with E-state index in [-0.39, 0.29) is 23.6 Å². The third kappa shape index (κ3) is 6.37. The van der Waals surface area contributed by atoms with Crippen molar-refractivity contribution >= 4 is 17.8 Å². The van der Waals surface area contributed by atoms with Crippen molar-refractivity contribution in [3.63, 3.8) is 0 Å². The van der Waals surface area contributed by atoms with Gasteiger partial charge in [0.15, 0.2) is 0 Å². The number of urea groups is 1. The molecule has 0 aliphatic carbocycles. The number of ether oxygens (including phenoxy) is 1. The fourth-order valence-corrected chi connectivity index (χ4v) is 5.60. The first kappa shape index (κ1) is 29.7. The first-order valence-corrected chi connectivity index (χ1v) is 14.2. The van der Waals surface area contributed by atoms with Gasteiger partial charge in [0.05, 0.1) is 24.0 Å². The van der Waals surface area contributed by atoms with Gasteiger partial charge in [0.25, 0.3) is 11.5 Å². The summed E-state index contributed by atoms with van der Waals surface area (Å²) < 4.78 is 8.33. The van der Waals surface area contributed by atoms with Crippen molar-refractivity contribution in [1.29, 1.82) is 0 Å². The number of anilines is 1. The van der Waals surface area contributed by atoms with Crippen molar-refractivity contribution in [3.8, 4) is 16.9 Å². The van der Waals surface area contributed by atoms with Gasteiger partial charge in [0.2, 0.25) is 0 Å². The molecule has 1 fully saturated rings. The van der Waals surface area contributed by atoms with Gasteiger partial charge in [-0.25, -0.2) is 9.48 Å². The summed E-state index contributed by atoms with van der Waals surface area (Å²) in [5.41, 5.74) is 3.31. The van der Waals surface area contributed by atoms with Gasteiger partial charge in [-0.15, -0.1) is 0 Å². The number of aromatic nitrogens is 3. The maximum absolute atomic E-state index is 13.6. The summed E-state index contributed by atoms with van der Waals surface area (Å²) in [6.07, 6.45) is 1.64. The molecule has 3 amide bonds. The molecule has 4 aromatic rings. The van der Waals surface area contributed by atoms with E-state index >= 15 is 0 Å². The van der Waals surface area contributed by atoms with Crippen molar-refractivity contribution in [2.75, 3.05) is 45.7 Å². The number of methoxy groups -OCH3 is 1. The molecule has 3 heterocycles. The minimum absolute atomic E-state index is 0.00891. The average Bonchev–Trinajstić information content (AvgIpc) is 3.58. The smallest absolute Gasteiger partial charge is 0.320 e. The second-order valence-electron chi connectivity index (χ2n) is 10.7. The Morgan fingerprint density at radius 1 is 1.05 bits per heavy atom. The molecule has 0 bridgehead atoms. The van der Waals surface area contributed by atoms with Crippen LogP contribution in [0, 0.1) is 6.92 Å². The standard InChI is InChI=1S/C32H37N7O4/c1-21-28(23-17-25(30(40)33-2)31(41)37(3)18-23)36-39(24-13-9-6-10-14-24)29(21)35-32(42)34-27-20-38(15-16-43-4)19-26(27)22-11-7-5-8-12-22/h5-14,17-18,26-27H,15-16,19-20H2,1-4H3,(H,33,40)(H2,34,35,42)/t26-,27+/m0/s1. The largest absolute Gasteiger partial charge is 0.383 e. The van der Waals surface area contributed by atoms with Gasteiger partial charge < -0.3 is 19.9 Å². The molecule has 3 N–H and O–H groups in total. The number of nitrogens with zero attached hydrogens (tertiary/aromatic N) is 4. The van der Waals surface area contributed by atoms with Crippen LogP contribution in [-0.2, 0) is 11.8 Å². The average molecular weight is 584 g/mol. The van der Waals surface area contributed by atoms with Crippen molar-refractivity contribution in [1.82, 2.24) is 29.9 Å². The molecule has 0 saturated carbocycles. The van der Waals surface area contributed by atoms with Crippen LogP contribution in [0.1, 0.15) is 27.4 Å². The van der Waals surface area contributed by atoms with Crippen LogP contribution < -0.4 is 21.5 Å². The fraction of sp³-hybridized carbons (Fsp3) is 0.312. The maximum atomic E-state index is 13.6. The molecule has 224 valence electrons. The summed E-state index contributed by atoms with van der Waals surface area (Å²) >= 11 is 0. The van der Waals surface area contributed by atoms with E-state index in [1.165, 1.54) is 23.2 Å². The Labute approximate surface area is 250 Å². The highest BCUT2D eigenvalue weighted by molar-refractivity contribution is 5.95. The number of pyridine rings is 1. The molecule has 1 saturated heterocycles. The van der Waals surface area contributed by atoms with Gasteiger partial charge in [-0.3, -0.25) is 19.8 Å². The SMILES string of the molecule is CNC(=O)c1cc(-c2nn(-c3ccccc3)c(NC(=O)N[C@@H]3CN(CCOC)C[C@H]3c3ccccc3)c2C)cn(C)c1=O. The third-order valence-corrected chi connectivity index (χ3v) is 7.83. The van der Waals surface area contributed by atoms with Crippen LogP contribution in [0.25, 0.3) is 16.9 Å². The fourth-order valence-electron chi connectivity index (χ4n) is 5.60. The number of amides is 3. The molecular formula is C32H37N7O4. The van der Waals surface area contributed by atoms with E-state index in [0.29, 0.717) is 35.8 Å². The predicted octanol–water partition coefficient (Wildman–Crippen LogP) is 3.14. The van der Waals surface area contributed by atoms with E-state index in [1.807, 2.05) is 55.5 Å². The lowest BCUT2D eigenvalue weighted by Gasteiger charge is -2.21. The Hall–Kier alpha value is -4.74. The highest BCUT2D eigenvalue weighted by atomic mass is 16.5. The van der Waals surface area contributed by atoms with Crippen LogP contribution in [0.5, 0.6) is 0 Å². The van der Waals surface area contributed by atoms with E-state index in [4.69, 9.17) is 9.84 Å². The van der Waals surface area contributed by atoms with Gasteiger partial charge >= 0.3 is 6.03 Å². The Bertz CT molecular complexity index is 1650. The summed E-state index contributed by atoms with van der Waals surface area (Å²) in [6, 6.07) is 20.8. The van der Waals surface area contributed by atoms with Gasteiger partial charge in [-0.2, -0.15) is 5.10 Å². The normalized spacial score (nSPS) is 16.7. The molecule has 1 aliphatic rings. The van der Waals surface area contributed by atoms with Crippen LogP contribution in [0.15, 0.2) is 77.7 Å². The second kappa shape index (κ2) is 13.1. The number of para-hydroxylation sites is 1. The van der Waals surface area contributed by atoms with Crippen LogP contribution in [0.3, 0.4) is 0 Å². The number of likely N-dealkylation sites (tertiary alicyclic amines) is 1. The highest BCUT2D eigenvalue weighted by Crippen LogP contribution is 2.31. The Kier molecular flexibility index (Phi) is 9.03. The lowest BCUT2D eigenvalue weighted by molar-refractivity contribution is 0.0961. The first-order valence-electron chi connectivity index (χ1n) is 14.2. The molecule has 0 spiro atoms. The molecule has 2 aromatic carbocycles. The van der Waals surface area contributed by atoms with E-state index in [9.17, 15) is 14.4 Å². The van der Waals surface area contributed by atoms with Gasteiger partial charge in [0.1, 0.15) is 11.4 Å². The zero-order chi connectivity index (χ0) is 30.5. The number of aryl methyl sites for hydroxylation is 1. The topological polar surface area (TPSA) is 123 Å². The number of hydrogen-bond acceptors (Lipinski definition) is 6. The van der Waals surface area contributed by atoms with Crippen molar-refractivity contribution in [2.45, 2.75) is 18.9 Å². The lowest BCUT2D eigenvalue weighted by atomic mass is 9.94. The molecule has 2 atom stereocenters. The van der Waals surface area contributed by atoms with Crippen molar-refractivity contribution in [2.24, 2.45) is 7.05 Å². The van der Waals surface area contributed by atoms with Gasteiger partial charge in [-0.05, 0) is 30.7 Å². The van der Waals surface area contributed by atoms with Crippen LogP contribution in [0.4, 0.5) is 10.6 Å². The van der Waals surface area contributed by atoms with Crippen molar-refractivity contribution in [3.05, 3.63) is 100.0 Å². The summed E-state index contributed by atoms with van der Waals surface area (Å²) in [7, 11) is 4.76. The zero-order valence-electron chi connectivity index (χ0n) is 24.8. The summed E-state index contributed by atoms with van der Waals surface area (Å²) in [5, 5.41) is 13.6. The first-order chi connectivity index (χ1) is 20.8. The Morgan fingerprint density at radius 3 is 2.42 bits per heavy atom. The molecule has 0 unspecified atom stereocenters. The number of benzene rings is 2. The molecule has 0 radical (unpaired) electrons. The minimum Gasteiger partial charge on any atom is -0.383 e. The zero-order valence-corrected chi connectivity index (χ0v) is 24.8. The van der Waals surface area contributed by atoms with E-state index in [1.54, 1.807) is 25.0 Å². The Balaban J connectivity index is 1.48. The Morgan fingerprint density at radius 2 is 1.74 bits per heavy atom. The number of nitrogens with one attached hydrogen (secondary N) is 3. The van der Waals surface area contributed by atoms with E-state index < -0.39 is 11.5 Å². The van der Waals surface area contributed by atoms with Gasteiger partial charge in [0, 0.05) is 64.1 Å². The van der Waals surface area contributed by atoms with Crippen LogP contribution >= 0.6 is 0 Å². The summed E-state index contributed by atoms with van der Waals surface area (Å²) in [5.74, 6) is 0.122. The third-order valence-electron chi connectivity index (χ3n) is 7.83. The molecule has 11 nitrogen and oxygen atoms in total. The van der Waals surface area contributed by atoms with Gasteiger partial charge in [-0.1, -0.05) is 48.5 Å². The molecule has 11 heteroatoms. The van der Waals surface area contributed by atoms with E-state index in [0.717, 1.165) is 18.8 Å². The number of carbonyl (C=O) groups is 2. The second-order valence-corrected chi connectivity index (χ2v) is 10.7. The van der Waals surface area contributed by atoms with Crippen LogP contribution in [0.2, 0.25) is 0 Å². The number of rotatable bonds is 9. The predicted molar refractivity (Wildman–Crippen MR) is 166 cm³/mol. The van der Waals surface area contributed by atoms with Crippen molar-refractivity contribution < 1.29 is 14.3 Å². The molecule has 5 rings (SSSR count). The number of carbonyl (C=O) groups excluding carboxylic acids is 2. The van der Waals surface area contributed by atoms with Crippen LogP contribution in [-0.4, -0.2) is 77.6 Å². The highest BCUT2D eigenvalue weighted by Gasteiger charge is 2.35. The summed E-state index contributed by atoms with van der Waals surface area (Å²) in [4.78, 5) is 41.0. The monoisotopic (exact) mass is 583 g/mol. The lowest BCUT2D eigenvalue weighted by Crippen LogP contribution is -2.42. The summed E-state index contributed by atoms with van der Waals surface area (Å²) in [6.45, 7) is 4.76. The maximum Gasteiger partial charge on any atom is 0.320 e. The molecular weight excluding hydrogens is 546 g/mol. The quantitative estimate of drug-likeness (QED) is 0.278. The molecule has 2 aromatic heterocycles. The molecule has 43 heavy (non-hydrogen) atoms.